The van der Waals surface area contributed by atoms with Gasteiger partial charge in [0.05, 0.1) is 17.1 Å². The minimum atomic E-state index is -0.514. The Kier molecular flexibility index (Phi) is 6.18. The van der Waals surface area contributed by atoms with Crippen LogP contribution >= 0.6 is 23.1 Å². The summed E-state index contributed by atoms with van der Waals surface area (Å²) in [5.41, 5.74) is 1.26. The lowest BCUT2D eigenvalue weighted by Gasteiger charge is -2.27. The van der Waals surface area contributed by atoms with Crippen LogP contribution in [0.5, 0.6) is 0 Å². The Hall–Kier alpha value is -2.32. The van der Waals surface area contributed by atoms with Gasteiger partial charge in [-0.25, -0.2) is 9.78 Å². The number of H-pyrrole nitrogens is 1. The van der Waals surface area contributed by atoms with Gasteiger partial charge in [0.15, 0.2) is 5.16 Å². The van der Waals surface area contributed by atoms with Gasteiger partial charge in [0.25, 0.3) is 5.56 Å². The Balaban J connectivity index is 2.11. The SMILES string of the molecule is C=CCOC(=O)C1=C(C)Nc2nc(SCCC)[nH]c(=O)c2[C@@H]1c1cccs1. The minimum Gasteiger partial charge on any atom is -0.458 e. The van der Waals surface area contributed by atoms with Crippen molar-refractivity contribution in [1.82, 2.24) is 9.97 Å². The molecular formula is C19H21N3O3S2. The summed E-state index contributed by atoms with van der Waals surface area (Å²) in [5.74, 6) is 0.380. The lowest BCUT2D eigenvalue weighted by Crippen LogP contribution is -2.30. The molecule has 8 heteroatoms. The number of aromatic nitrogens is 2. The second kappa shape index (κ2) is 8.58. The van der Waals surface area contributed by atoms with E-state index in [-0.39, 0.29) is 12.2 Å². The zero-order valence-electron chi connectivity index (χ0n) is 15.2. The first-order chi connectivity index (χ1) is 13.1. The molecule has 2 N–H and O–H groups in total. The zero-order valence-corrected chi connectivity index (χ0v) is 16.8. The molecule has 3 rings (SSSR count). The first-order valence-corrected chi connectivity index (χ1v) is 10.5. The van der Waals surface area contributed by atoms with Crippen molar-refractivity contribution in [2.75, 3.05) is 17.7 Å². The van der Waals surface area contributed by atoms with Crippen molar-refractivity contribution in [3.8, 4) is 0 Å². The Bertz CT molecular complexity index is 932. The predicted molar refractivity (Wildman–Crippen MR) is 110 cm³/mol. The molecule has 2 aromatic rings. The number of esters is 1. The highest BCUT2D eigenvalue weighted by atomic mass is 32.2. The summed E-state index contributed by atoms with van der Waals surface area (Å²) < 4.78 is 5.27. The van der Waals surface area contributed by atoms with Crippen LogP contribution in [0.25, 0.3) is 0 Å². The molecule has 27 heavy (non-hydrogen) atoms. The number of thiophene rings is 1. The number of carbonyl (C=O) groups excluding carboxylic acids is 1. The fourth-order valence-corrected chi connectivity index (χ4v) is 4.48. The molecule has 142 valence electrons. The van der Waals surface area contributed by atoms with Crippen LogP contribution in [-0.2, 0) is 9.53 Å². The summed E-state index contributed by atoms with van der Waals surface area (Å²) in [6, 6.07) is 3.81. The second-order valence-electron chi connectivity index (χ2n) is 5.98. The van der Waals surface area contributed by atoms with Crippen LogP contribution in [0.3, 0.4) is 0 Å². The standard InChI is InChI=1S/C19H21N3O3S2/c1-4-8-25-18(24)13-11(3)20-16-15(14(13)12-7-6-10-26-12)17(23)22-19(21-16)27-9-5-2/h4,6-7,10,14H,1,5,8-9H2,2-3H3,(H2,20,21,22,23)/t14-/m1/s1. The molecule has 1 atom stereocenters. The summed E-state index contributed by atoms with van der Waals surface area (Å²) in [7, 11) is 0. The second-order valence-corrected chi connectivity index (χ2v) is 8.04. The van der Waals surface area contributed by atoms with Crippen LogP contribution in [0.4, 0.5) is 5.82 Å². The van der Waals surface area contributed by atoms with E-state index in [1.54, 1.807) is 6.92 Å². The maximum Gasteiger partial charge on any atom is 0.337 e. The molecule has 0 saturated carbocycles. The minimum absolute atomic E-state index is 0.112. The van der Waals surface area contributed by atoms with Crippen molar-refractivity contribution >= 4 is 34.9 Å². The van der Waals surface area contributed by atoms with E-state index in [1.165, 1.54) is 29.2 Å². The highest BCUT2D eigenvalue weighted by molar-refractivity contribution is 7.99. The van der Waals surface area contributed by atoms with Gasteiger partial charge in [-0.05, 0) is 24.8 Å². The van der Waals surface area contributed by atoms with E-state index in [0.717, 1.165) is 17.1 Å². The number of nitrogens with one attached hydrogen (secondary N) is 2. The number of hydrogen-bond donors (Lipinski definition) is 2. The normalized spacial score (nSPS) is 15.9. The molecule has 0 amide bonds. The number of nitrogens with zero attached hydrogens (tertiary/aromatic N) is 1. The molecule has 6 nitrogen and oxygen atoms in total. The fourth-order valence-electron chi connectivity index (χ4n) is 2.92. The third-order valence-electron chi connectivity index (χ3n) is 4.04. The molecule has 0 spiro atoms. The molecule has 2 aromatic heterocycles. The Morgan fingerprint density at radius 2 is 2.33 bits per heavy atom. The number of aromatic amines is 1. The summed E-state index contributed by atoms with van der Waals surface area (Å²) in [4.78, 5) is 33.9. The highest BCUT2D eigenvalue weighted by Crippen LogP contribution is 2.41. The van der Waals surface area contributed by atoms with Gasteiger partial charge < -0.3 is 15.0 Å². The van der Waals surface area contributed by atoms with Crippen LogP contribution in [0.1, 0.15) is 36.6 Å². The van der Waals surface area contributed by atoms with E-state index in [2.05, 4.69) is 28.8 Å². The highest BCUT2D eigenvalue weighted by Gasteiger charge is 2.36. The summed E-state index contributed by atoms with van der Waals surface area (Å²) in [6.45, 7) is 7.56. The number of anilines is 1. The van der Waals surface area contributed by atoms with Gasteiger partial charge in [-0.3, -0.25) is 4.79 Å². The van der Waals surface area contributed by atoms with Crippen LogP contribution in [0.2, 0.25) is 0 Å². The monoisotopic (exact) mass is 403 g/mol. The average Bonchev–Trinajstić information content (AvgIpc) is 3.17. The lowest BCUT2D eigenvalue weighted by molar-refractivity contribution is -0.138. The van der Waals surface area contributed by atoms with Crippen molar-refractivity contribution in [3.63, 3.8) is 0 Å². The van der Waals surface area contributed by atoms with E-state index in [0.29, 0.717) is 27.8 Å². The van der Waals surface area contributed by atoms with Crippen LogP contribution in [-0.4, -0.2) is 28.3 Å². The maximum atomic E-state index is 12.9. The Morgan fingerprint density at radius 1 is 1.52 bits per heavy atom. The number of allylic oxidation sites excluding steroid dienone is 1. The van der Waals surface area contributed by atoms with Gasteiger partial charge in [0.2, 0.25) is 0 Å². The van der Waals surface area contributed by atoms with E-state index in [1.807, 2.05) is 17.5 Å². The van der Waals surface area contributed by atoms with Gasteiger partial charge >= 0.3 is 5.97 Å². The largest absolute Gasteiger partial charge is 0.458 e. The molecule has 0 aromatic carbocycles. The molecule has 0 aliphatic carbocycles. The molecular weight excluding hydrogens is 382 g/mol. The van der Waals surface area contributed by atoms with E-state index < -0.39 is 11.9 Å². The van der Waals surface area contributed by atoms with Crippen molar-refractivity contribution < 1.29 is 9.53 Å². The molecule has 1 aliphatic heterocycles. The molecule has 0 bridgehead atoms. The number of carbonyl (C=O) groups is 1. The summed E-state index contributed by atoms with van der Waals surface area (Å²) in [6.07, 6.45) is 2.50. The van der Waals surface area contributed by atoms with Gasteiger partial charge in [0, 0.05) is 16.3 Å². The Morgan fingerprint density at radius 3 is 3.00 bits per heavy atom. The first-order valence-electron chi connectivity index (χ1n) is 8.63. The van der Waals surface area contributed by atoms with Gasteiger partial charge in [-0.15, -0.1) is 11.3 Å². The molecule has 0 fully saturated rings. The van der Waals surface area contributed by atoms with Crippen molar-refractivity contribution in [3.05, 3.63) is 62.2 Å². The number of rotatable bonds is 7. The first kappa shape index (κ1) is 19.4. The van der Waals surface area contributed by atoms with Gasteiger partial charge in [-0.1, -0.05) is 37.4 Å². The topological polar surface area (TPSA) is 84.1 Å². The van der Waals surface area contributed by atoms with E-state index >= 15 is 0 Å². The third kappa shape index (κ3) is 4.01. The summed E-state index contributed by atoms with van der Waals surface area (Å²) in [5, 5.41) is 5.63. The van der Waals surface area contributed by atoms with Gasteiger partial charge in [0.1, 0.15) is 12.4 Å². The summed E-state index contributed by atoms with van der Waals surface area (Å²) >= 11 is 2.99. The fraction of sp³-hybridized carbons (Fsp3) is 0.316. The van der Waals surface area contributed by atoms with E-state index in [9.17, 15) is 9.59 Å². The molecule has 0 saturated heterocycles. The third-order valence-corrected chi connectivity index (χ3v) is 6.06. The molecule has 0 unspecified atom stereocenters. The lowest BCUT2D eigenvalue weighted by atomic mass is 9.86. The molecule has 1 aliphatic rings. The number of fused-ring (bicyclic) bond motifs is 1. The Labute approximate surface area is 165 Å². The predicted octanol–water partition coefficient (Wildman–Crippen LogP) is 3.89. The van der Waals surface area contributed by atoms with Crippen LogP contribution in [0, 0.1) is 0 Å². The molecule has 3 heterocycles. The number of ether oxygens (including phenoxy) is 1. The quantitative estimate of drug-likeness (QED) is 0.316. The van der Waals surface area contributed by atoms with E-state index in [4.69, 9.17) is 4.74 Å². The maximum absolute atomic E-state index is 12.9. The average molecular weight is 404 g/mol. The molecule has 0 radical (unpaired) electrons. The number of hydrogen-bond acceptors (Lipinski definition) is 7. The van der Waals surface area contributed by atoms with Crippen LogP contribution < -0.4 is 10.9 Å². The van der Waals surface area contributed by atoms with Crippen LogP contribution in [0.15, 0.2) is 51.4 Å². The smallest absolute Gasteiger partial charge is 0.337 e. The van der Waals surface area contributed by atoms with Crippen molar-refractivity contribution in [1.29, 1.82) is 0 Å². The van der Waals surface area contributed by atoms with Gasteiger partial charge in [-0.2, -0.15) is 0 Å². The number of thioether (sulfide) groups is 1. The van der Waals surface area contributed by atoms with Crippen molar-refractivity contribution in [2.24, 2.45) is 0 Å². The van der Waals surface area contributed by atoms with Crippen molar-refractivity contribution in [2.45, 2.75) is 31.3 Å². The zero-order chi connectivity index (χ0) is 19.4.